The van der Waals surface area contributed by atoms with E-state index in [2.05, 4.69) is 36.2 Å². The Morgan fingerprint density at radius 3 is 2.65 bits per heavy atom. The SMILES string of the molecule is Cc1nc(C(C)(C)C)nc2sc(C(=O)N[C@H](C)Cn3cccn3)c(C)c12. The van der Waals surface area contributed by atoms with Crippen molar-refractivity contribution in [1.29, 1.82) is 0 Å². The smallest absolute Gasteiger partial charge is 0.261 e. The molecule has 0 spiro atoms. The van der Waals surface area contributed by atoms with Gasteiger partial charge in [-0.2, -0.15) is 5.10 Å². The molecule has 0 radical (unpaired) electrons. The molecule has 0 saturated carbocycles. The molecule has 1 N–H and O–H groups in total. The van der Waals surface area contributed by atoms with Crippen LogP contribution in [0, 0.1) is 13.8 Å². The zero-order chi connectivity index (χ0) is 19.1. The van der Waals surface area contributed by atoms with Crippen LogP contribution in [-0.2, 0) is 12.0 Å². The minimum Gasteiger partial charge on any atom is -0.347 e. The Balaban J connectivity index is 1.88. The lowest BCUT2D eigenvalue weighted by molar-refractivity contribution is 0.0939. The summed E-state index contributed by atoms with van der Waals surface area (Å²) in [5.74, 6) is 0.740. The molecule has 0 unspecified atom stereocenters. The van der Waals surface area contributed by atoms with Crippen molar-refractivity contribution in [3.63, 3.8) is 0 Å². The van der Waals surface area contributed by atoms with E-state index in [4.69, 9.17) is 4.98 Å². The van der Waals surface area contributed by atoms with E-state index in [0.717, 1.165) is 27.3 Å². The van der Waals surface area contributed by atoms with Crippen LogP contribution in [0.5, 0.6) is 0 Å². The van der Waals surface area contributed by atoms with Gasteiger partial charge < -0.3 is 5.32 Å². The van der Waals surface area contributed by atoms with E-state index in [9.17, 15) is 4.79 Å². The molecular weight excluding hydrogens is 346 g/mol. The van der Waals surface area contributed by atoms with Crippen LogP contribution in [-0.4, -0.2) is 31.7 Å². The number of nitrogens with zero attached hydrogens (tertiary/aromatic N) is 4. The number of amides is 1. The van der Waals surface area contributed by atoms with Crippen LogP contribution in [0.4, 0.5) is 0 Å². The zero-order valence-corrected chi connectivity index (χ0v) is 16.9. The first kappa shape index (κ1) is 18.5. The minimum absolute atomic E-state index is 0.0238. The molecule has 3 rings (SSSR count). The molecule has 6 nitrogen and oxygen atoms in total. The highest BCUT2D eigenvalue weighted by molar-refractivity contribution is 7.20. The molecule has 1 atom stereocenters. The Hall–Kier alpha value is -2.28. The van der Waals surface area contributed by atoms with Crippen molar-refractivity contribution in [3.05, 3.63) is 40.4 Å². The van der Waals surface area contributed by atoms with E-state index in [-0.39, 0.29) is 17.4 Å². The minimum atomic E-state index is -0.127. The number of rotatable bonds is 4. The first-order valence-electron chi connectivity index (χ1n) is 8.73. The summed E-state index contributed by atoms with van der Waals surface area (Å²) in [4.78, 5) is 23.8. The van der Waals surface area contributed by atoms with Gasteiger partial charge in [-0.15, -0.1) is 11.3 Å². The normalized spacial score (nSPS) is 13.2. The average Bonchev–Trinajstić information content (AvgIpc) is 3.14. The van der Waals surface area contributed by atoms with Crippen molar-refractivity contribution in [3.8, 4) is 0 Å². The molecule has 0 aromatic carbocycles. The monoisotopic (exact) mass is 371 g/mol. The highest BCUT2D eigenvalue weighted by Gasteiger charge is 2.23. The fourth-order valence-corrected chi connectivity index (χ4v) is 4.05. The second-order valence-corrected chi connectivity index (χ2v) is 8.72. The van der Waals surface area contributed by atoms with Gasteiger partial charge in [-0.3, -0.25) is 9.48 Å². The van der Waals surface area contributed by atoms with E-state index >= 15 is 0 Å². The second kappa shape index (κ2) is 6.79. The van der Waals surface area contributed by atoms with Crippen LogP contribution < -0.4 is 5.32 Å². The summed E-state index contributed by atoms with van der Waals surface area (Å²) in [6, 6.07) is 1.85. The molecule has 0 aliphatic rings. The molecule has 0 bridgehead atoms. The van der Waals surface area contributed by atoms with Crippen molar-refractivity contribution in [1.82, 2.24) is 25.1 Å². The van der Waals surface area contributed by atoms with Gasteiger partial charge >= 0.3 is 0 Å². The van der Waals surface area contributed by atoms with Crippen LogP contribution in [0.2, 0.25) is 0 Å². The maximum absolute atomic E-state index is 12.8. The number of aryl methyl sites for hydroxylation is 2. The number of hydrogen-bond donors (Lipinski definition) is 1. The third-order valence-electron chi connectivity index (χ3n) is 4.25. The molecule has 3 aromatic rings. The van der Waals surface area contributed by atoms with Crippen LogP contribution in [0.3, 0.4) is 0 Å². The molecule has 0 fully saturated rings. The lowest BCUT2D eigenvalue weighted by Crippen LogP contribution is -2.35. The highest BCUT2D eigenvalue weighted by Crippen LogP contribution is 2.33. The van der Waals surface area contributed by atoms with E-state index < -0.39 is 0 Å². The Bertz CT molecular complexity index is 937. The van der Waals surface area contributed by atoms with Crippen molar-refractivity contribution in [2.75, 3.05) is 0 Å². The molecule has 3 aromatic heterocycles. The van der Waals surface area contributed by atoms with Crippen molar-refractivity contribution in [2.24, 2.45) is 0 Å². The van der Waals surface area contributed by atoms with Gasteiger partial charge in [-0.05, 0) is 32.4 Å². The van der Waals surface area contributed by atoms with Gasteiger partial charge in [0.15, 0.2) is 0 Å². The number of aromatic nitrogens is 4. The van der Waals surface area contributed by atoms with Crippen LogP contribution in [0.25, 0.3) is 10.2 Å². The molecule has 0 aliphatic heterocycles. The van der Waals surface area contributed by atoms with Gasteiger partial charge in [0.2, 0.25) is 0 Å². The van der Waals surface area contributed by atoms with E-state index in [1.807, 2.05) is 37.7 Å². The number of fused-ring (bicyclic) bond motifs is 1. The van der Waals surface area contributed by atoms with E-state index in [0.29, 0.717) is 11.4 Å². The second-order valence-electron chi connectivity index (χ2n) is 7.72. The van der Waals surface area contributed by atoms with Crippen molar-refractivity contribution < 1.29 is 4.79 Å². The van der Waals surface area contributed by atoms with E-state index in [1.54, 1.807) is 6.20 Å². The molecule has 138 valence electrons. The van der Waals surface area contributed by atoms with Crippen molar-refractivity contribution in [2.45, 2.75) is 59.5 Å². The standard InChI is InChI=1S/C19H25N5OS/c1-11(10-24-9-7-8-20-24)21-16(25)15-12(2)14-13(3)22-18(19(4,5)6)23-17(14)26-15/h7-9,11H,10H2,1-6H3,(H,21,25)/t11-/m1/s1. The first-order chi connectivity index (χ1) is 12.2. The van der Waals surface area contributed by atoms with Crippen LogP contribution in [0.15, 0.2) is 18.5 Å². The molecule has 3 heterocycles. The number of thiophene rings is 1. The fourth-order valence-electron chi connectivity index (χ4n) is 2.92. The summed E-state index contributed by atoms with van der Waals surface area (Å²) in [6.07, 6.45) is 3.62. The van der Waals surface area contributed by atoms with Crippen molar-refractivity contribution >= 4 is 27.5 Å². The summed E-state index contributed by atoms with van der Waals surface area (Å²) in [5.41, 5.74) is 1.75. The van der Waals surface area contributed by atoms with Gasteiger partial charge in [0, 0.05) is 29.2 Å². The van der Waals surface area contributed by atoms with Gasteiger partial charge in [0.05, 0.1) is 17.1 Å². The molecule has 1 amide bonds. The summed E-state index contributed by atoms with van der Waals surface area (Å²) in [6.45, 7) is 12.9. The zero-order valence-electron chi connectivity index (χ0n) is 16.1. The molecule has 0 saturated heterocycles. The number of carbonyl (C=O) groups excluding carboxylic acids is 1. The summed E-state index contributed by atoms with van der Waals surface area (Å²) in [5, 5.41) is 8.24. The average molecular weight is 372 g/mol. The number of nitrogens with one attached hydrogen (secondary N) is 1. The Morgan fingerprint density at radius 2 is 2.04 bits per heavy atom. The predicted octanol–water partition coefficient (Wildman–Crippen LogP) is 3.62. The maximum atomic E-state index is 12.8. The van der Waals surface area contributed by atoms with Gasteiger partial charge in [-0.25, -0.2) is 9.97 Å². The number of hydrogen-bond acceptors (Lipinski definition) is 5. The van der Waals surface area contributed by atoms with Crippen LogP contribution >= 0.6 is 11.3 Å². The first-order valence-corrected chi connectivity index (χ1v) is 9.55. The maximum Gasteiger partial charge on any atom is 0.261 e. The predicted molar refractivity (Wildman–Crippen MR) is 105 cm³/mol. The summed E-state index contributed by atoms with van der Waals surface area (Å²) < 4.78 is 1.81. The molecule has 0 aliphatic carbocycles. The Kier molecular flexibility index (Phi) is 4.84. The molecular formula is C19H25N5OS. The van der Waals surface area contributed by atoms with Gasteiger partial charge in [-0.1, -0.05) is 20.8 Å². The van der Waals surface area contributed by atoms with Gasteiger partial charge in [0.1, 0.15) is 10.7 Å². The molecule has 7 heteroatoms. The lowest BCUT2D eigenvalue weighted by atomic mass is 9.95. The van der Waals surface area contributed by atoms with E-state index in [1.165, 1.54) is 11.3 Å². The van der Waals surface area contributed by atoms with Crippen LogP contribution in [0.1, 0.15) is 54.4 Å². The number of carbonyl (C=O) groups is 1. The molecule has 26 heavy (non-hydrogen) atoms. The third-order valence-corrected chi connectivity index (χ3v) is 5.43. The third kappa shape index (κ3) is 3.62. The lowest BCUT2D eigenvalue weighted by Gasteiger charge is -2.16. The fraction of sp³-hybridized carbons (Fsp3) is 0.474. The Morgan fingerprint density at radius 1 is 1.31 bits per heavy atom. The van der Waals surface area contributed by atoms with Gasteiger partial charge in [0.25, 0.3) is 5.91 Å². The summed E-state index contributed by atoms with van der Waals surface area (Å²) in [7, 11) is 0. The topological polar surface area (TPSA) is 72.7 Å². The Labute approximate surface area is 157 Å². The quantitative estimate of drug-likeness (QED) is 0.760. The highest BCUT2D eigenvalue weighted by atomic mass is 32.1. The summed E-state index contributed by atoms with van der Waals surface area (Å²) >= 11 is 1.44. The largest absolute Gasteiger partial charge is 0.347 e.